The van der Waals surface area contributed by atoms with Crippen LogP contribution in [0.1, 0.15) is 78.6 Å². The van der Waals surface area contributed by atoms with Crippen LogP contribution in [0.5, 0.6) is 0 Å². The Kier molecular flexibility index (Phi) is 19.7. The first-order valence-electron chi connectivity index (χ1n) is 17.3. The summed E-state index contributed by atoms with van der Waals surface area (Å²) in [5.74, 6) is -2.87. The average Bonchev–Trinajstić information content (AvgIpc) is 3.55. The van der Waals surface area contributed by atoms with E-state index >= 15 is 0 Å². The first-order chi connectivity index (χ1) is 24.3. The zero-order valence-electron chi connectivity index (χ0n) is 29.8. The van der Waals surface area contributed by atoms with Crippen molar-refractivity contribution < 1.29 is 62.5 Å². The van der Waals surface area contributed by atoms with Gasteiger partial charge >= 0.3 is 12.1 Å². The maximum absolute atomic E-state index is 12.7. The Hall–Kier alpha value is -4.13. The Balaban J connectivity index is 1.44. The van der Waals surface area contributed by atoms with Gasteiger partial charge in [-0.2, -0.15) is 0 Å². The monoisotopic (exact) mass is 727 g/mol. The lowest BCUT2D eigenvalue weighted by molar-refractivity contribution is -0.199. The number of carbonyl (C=O) groups is 7. The van der Waals surface area contributed by atoms with E-state index in [1.165, 1.54) is 17.1 Å². The van der Waals surface area contributed by atoms with Crippen LogP contribution in [-0.2, 0) is 52.6 Å². The van der Waals surface area contributed by atoms with Crippen molar-refractivity contribution in [3.63, 3.8) is 0 Å². The number of ether oxygens (including phenoxy) is 4. The Morgan fingerprint density at radius 3 is 2.14 bits per heavy atom. The number of aliphatic hydroxyl groups excluding tert-OH is 1. The number of amides is 6. The molecule has 2 heterocycles. The lowest BCUT2D eigenvalue weighted by Gasteiger charge is -2.23. The van der Waals surface area contributed by atoms with E-state index < -0.39 is 41.7 Å². The van der Waals surface area contributed by atoms with Crippen LogP contribution in [0, 0.1) is 0 Å². The fraction of sp³-hybridized carbons (Fsp3) is 0.727. The van der Waals surface area contributed by atoms with Gasteiger partial charge in [-0.05, 0) is 59.0 Å². The van der Waals surface area contributed by atoms with Crippen molar-refractivity contribution in [2.75, 3.05) is 59.3 Å². The van der Waals surface area contributed by atoms with Gasteiger partial charge in [-0.25, -0.2) is 9.59 Å². The number of nitrogens with one attached hydrogen (secondary N) is 3. The number of unbranched alkanes of at least 4 members (excludes halogenated alkanes) is 3. The molecule has 0 spiro atoms. The zero-order chi connectivity index (χ0) is 37.6. The van der Waals surface area contributed by atoms with E-state index in [2.05, 4.69) is 16.0 Å². The van der Waals surface area contributed by atoms with Crippen molar-refractivity contribution in [2.45, 2.75) is 96.4 Å². The number of hydrogen-bond acceptors (Lipinski definition) is 13. The predicted octanol–water partition coefficient (Wildman–Crippen LogP) is 0.217. The van der Waals surface area contributed by atoms with E-state index in [-0.39, 0.29) is 63.3 Å². The maximum atomic E-state index is 12.7. The summed E-state index contributed by atoms with van der Waals surface area (Å²) < 4.78 is 21.3. The molecule has 51 heavy (non-hydrogen) atoms. The molecule has 18 nitrogen and oxygen atoms in total. The highest BCUT2D eigenvalue weighted by molar-refractivity contribution is 6.01. The second-order valence-corrected chi connectivity index (χ2v) is 12.8. The Morgan fingerprint density at radius 2 is 1.49 bits per heavy atom. The van der Waals surface area contributed by atoms with Gasteiger partial charge in [-0.3, -0.25) is 24.0 Å². The van der Waals surface area contributed by atoms with E-state index in [0.717, 1.165) is 6.42 Å². The lowest BCUT2D eigenvalue weighted by Crippen LogP contribution is -2.46. The minimum Gasteiger partial charge on any atom is -0.444 e. The molecule has 0 aromatic heterocycles. The second kappa shape index (κ2) is 23.4. The molecule has 0 aromatic rings. The minimum absolute atomic E-state index is 0.0623. The van der Waals surface area contributed by atoms with Crippen LogP contribution in [0.4, 0.5) is 4.79 Å². The summed E-state index contributed by atoms with van der Waals surface area (Å²) >= 11 is 0. The predicted molar refractivity (Wildman–Crippen MR) is 178 cm³/mol. The average molecular weight is 728 g/mol. The first kappa shape index (κ1) is 43.0. The Labute approximate surface area is 297 Å². The molecule has 18 heteroatoms. The molecule has 0 aliphatic carbocycles. The molecular formula is C33H53N5O13. The maximum Gasteiger partial charge on any atom is 0.408 e. The molecule has 2 aliphatic heterocycles. The molecule has 2 aliphatic rings. The molecular weight excluding hydrogens is 674 g/mol. The third kappa shape index (κ3) is 18.6. The number of rotatable bonds is 25. The first-order valence-corrected chi connectivity index (χ1v) is 17.3. The van der Waals surface area contributed by atoms with E-state index in [0.29, 0.717) is 70.1 Å². The molecule has 4 N–H and O–H groups in total. The highest BCUT2D eigenvalue weighted by Gasteiger charge is 2.35. The van der Waals surface area contributed by atoms with Crippen molar-refractivity contribution in [2.24, 2.45) is 0 Å². The fourth-order valence-corrected chi connectivity index (χ4v) is 4.70. The highest BCUT2D eigenvalue weighted by atomic mass is 16.7. The van der Waals surface area contributed by atoms with E-state index in [4.69, 9.17) is 23.8 Å². The Morgan fingerprint density at radius 1 is 0.843 bits per heavy atom. The van der Waals surface area contributed by atoms with Crippen LogP contribution in [0.25, 0.3) is 0 Å². The van der Waals surface area contributed by atoms with Crippen LogP contribution >= 0.6 is 0 Å². The third-order valence-corrected chi connectivity index (χ3v) is 7.27. The van der Waals surface area contributed by atoms with Gasteiger partial charge in [0.2, 0.25) is 17.7 Å². The van der Waals surface area contributed by atoms with Gasteiger partial charge in [0, 0.05) is 45.0 Å². The van der Waals surface area contributed by atoms with Gasteiger partial charge in [0.25, 0.3) is 11.8 Å². The van der Waals surface area contributed by atoms with Crippen molar-refractivity contribution in [3.05, 3.63) is 12.2 Å². The van der Waals surface area contributed by atoms with E-state index in [1.54, 1.807) is 20.8 Å². The fourth-order valence-electron chi connectivity index (χ4n) is 4.70. The standard InChI is InChI=1S/C33H53N5O13/c1-33(2,3)50-32(46)36-24(31(45)51-38-29(43)13-14-30(38)44)9-6-7-15-34-26(40)23-49-22-21-48-20-19-47-18-16-35-25(39)10-5-4-8-17-37-27(41)11-12-28(37)42/h11-12,24,27,41H,4-10,13-23H2,1-3H3,(H,34,40)(H,35,39)(H,36,46). The molecule has 0 bridgehead atoms. The second-order valence-electron chi connectivity index (χ2n) is 12.8. The molecule has 1 fully saturated rings. The summed E-state index contributed by atoms with van der Waals surface area (Å²) in [6.45, 7) is 7.32. The largest absolute Gasteiger partial charge is 0.444 e. The number of alkyl carbamates (subject to hydrolysis) is 1. The summed E-state index contributed by atoms with van der Waals surface area (Å²) in [5.41, 5.74) is -0.818. The summed E-state index contributed by atoms with van der Waals surface area (Å²) in [5, 5.41) is 18.0. The highest BCUT2D eigenvalue weighted by Crippen LogP contribution is 2.15. The number of hydrogen-bond donors (Lipinski definition) is 4. The molecule has 288 valence electrons. The molecule has 0 aromatic carbocycles. The van der Waals surface area contributed by atoms with Crippen LogP contribution < -0.4 is 16.0 Å². The molecule has 2 rings (SSSR count). The quantitative estimate of drug-likeness (QED) is 0.0730. The van der Waals surface area contributed by atoms with Gasteiger partial charge in [-0.1, -0.05) is 6.42 Å². The summed E-state index contributed by atoms with van der Waals surface area (Å²) in [4.78, 5) is 90.4. The third-order valence-electron chi connectivity index (χ3n) is 7.27. The molecule has 6 amide bonds. The van der Waals surface area contributed by atoms with Crippen molar-refractivity contribution in [1.82, 2.24) is 25.9 Å². The van der Waals surface area contributed by atoms with Gasteiger partial charge in [-0.15, -0.1) is 5.06 Å². The normalized spacial score (nSPS) is 16.4. The Bertz CT molecular complexity index is 1190. The summed E-state index contributed by atoms with van der Waals surface area (Å²) in [6, 6.07) is -1.19. The molecule has 0 saturated carbocycles. The molecule has 2 unspecified atom stereocenters. The number of hydroxylamine groups is 2. The van der Waals surface area contributed by atoms with E-state index in [1.807, 2.05) is 0 Å². The van der Waals surface area contributed by atoms with Crippen LogP contribution in [0.2, 0.25) is 0 Å². The summed E-state index contributed by atoms with van der Waals surface area (Å²) in [7, 11) is 0. The number of nitrogens with zero attached hydrogens (tertiary/aromatic N) is 2. The SMILES string of the molecule is CC(C)(C)OC(=O)NC(CCCCNC(=O)COCCOCCOCCNC(=O)CCCCCN1C(=O)C=CC1O)C(=O)ON1C(=O)CCC1=O. The van der Waals surface area contributed by atoms with Crippen LogP contribution in [0.3, 0.4) is 0 Å². The lowest BCUT2D eigenvalue weighted by atomic mass is 10.1. The van der Waals surface area contributed by atoms with Crippen molar-refractivity contribution in [1.29, 1.82) is 0 Å². The molecule has 2 atom stereocenters. The molecule has 0 radical (unpaired) electrons. The molecule has 1 saturated heterocycles. The minimum atomic E-state index is -1.19. The number of imide groups is 1. The van der Waals surface area contributed by atoms with Crippen molar-refractivity contribution in [3.8, 4) is 0 Å². The van der Waals surface area contributed by atoms with E-state index in [9.17, 15) is 38.7 Å². The van der Waals surface area contributed by atoms with Gasteiger partial charge in [0.1, 0.15) is 24.5 Å². The van der Waals surface area contributed by atoms with Crippen molar-refractivity contribution >= 4 is 41.6 Å². The number of carbonyl (C=O) groups excluding carboxylic acids is 7. The van der Waals surface area contributed by atoms with Gasteiger partial charge in [0.15, 0.2) is 0 Å². The van der Waals surface area contributed by atoms with Gasteiger partial charge < -0.3 is 49.7 Å². The topological polar surface area (TPSA) is 228 Å². The smallest absolute Gasteiger partial charge is 0.408 e. The number of aliphatic hydroxyl groups is 1. The zero-order valence-corrected chi connectivity index (χ0v) is 29.8. The van der Waals surface area contributed by atoms with Crippen LogP contribution in [-0.4, -0.2) is 134 Å². The van der Waals surface area contributed by atoms with Gasteiger partial charge in [0.05, 0.1) is 33.0 Å². The van der Waals surface area contributed by atoms with Crippen LogP contribution in [0.15, 0.2) is 12.2 Å². The summed E-state index contributed by atoms with van der Waals surface area (Å²) in [6.07, 6.45) is 4.43.